The van der Waals surface area contributed by atoms with E-state index >= 15 is 0 Å². The van der Waals surface area contributed by atoms with E-state index in [9.17, 15) is 4.79 Å². The van der Waals surface area contributed by atoms with E-state index in [4.69, 9.17) is 23.2 Å². The lowest BCUT2D eigenvalue weighted by Gasteiger charge is -2.16. The Bertz CT molecular complexity index is 718. The van der Waals surface area contributed by atoms with Gasteiger partial charge in [-0.1, -0.05) is 41.4 Å². The van der Waals surface area contributed by atoms with Gasteiger partial charge in [0, 0.05) is 9.92 Å². The Morgan fingerprint density at radius 3 is 2.57 bits per heavy atom. The van der Waals surface area contributed by atoms with Crippen LogP contribution in [0.25, 0.3) is 0 Å². The van der Waals surface area contributed by atoms with E-state index in [1.807, 2.05) is 13.0 Å². The van der Waals surface area contributed by atoms with Crippen LogP contribution in [0.1, 0.15) is 29.7 Å². The molecular formula is C18H19Cl2NOS. The maximum absolute atomic E-state index is 12.1. The molecule has 0 spiro atoms. The molecule has 0 aliphatic carbocycles. The van der Waals surface area contributed by atoms with Crippen LogP contribution >= 0.6 is 35.0 Å². The quantitative estimate of drug-likeness (QED) is 0.698. The highest BCUT2D eigenvalue weighted by atomic mass is 35.5. The number of rotatable bonds is 5. The molecule has 2 aromatic rings. The van der Waals surface area contributed by atoms with E-state index in [1.54, 1.807) is 18.2 Å². The maximum atomic E-state index is 12.1. The highest BCUT2D eigenvalue weighted by Gasteiger charge is 2.12. The standard InChI is InChI=1S/C18H19Cl2NOS/c1-11-4-5-14(8-12(11)2)13(3)21-18(22)10-23-17-9-15(19)6-7-16(17)20/h4-9,13H,10H2,1-3H3,(H,21,22)/t13-/m1/s1. The minimum atomic E-state index is -0.0308. The fourth-order valence-electron chi connectivity index (χ4n) is 2.13. The summed E-state index contributed by atoms with van der Waals surface area (Å²) in [4.78, 5) is 13.0. The first-order valence-electron chi connectivity index (χ1n) is 7.31. The first-order valence-corrected chi connectivity index (χ1v) is 9.05. The molecular weight excluding hydrogens is 349 g/mol. The fraction of sp³-hybridized carbons (Fsp3) is 0.278. The highest BCUT2D eigenvalue weighted by Crippen LogP contribution is 2.29. The molecule has 122 valence electrons. The van der Waals surface area contributed by atoms with Crippen LogP contribution in [0.4, 0.5) is 0 Å². The number of benzene rings is 2. The Kier molecular flexibility index (Phi) is 6.40. The summed E-state index contributed by atoms with van der Waals surface area (Å²) in [5.41, 5.74) is 3.58. The van der Waals surface area contributed by atoms with Crippen molar-refractivity contribution in [3.63, 3.8) is 0 Å². The zero-order valence-corrected chi connectivity index (χ0v) is 15.6. The SMILES string of the molecule is Cc1ccc([C@@H](C)NC(=O)CSc2cc(Cl)ccc2Cl)cc1C. The molecule has 0 radical (unpaired) electrons. The van der Waals surface area contributed by atoms with Crippen molar-refractivity contribution in [2.45, 2.75) is 31.7 Å². The molecule has 0 aliphatic rings. The van der Waals surface area contributed by atoms with Crippen LogP contribution in [0.5, 0.6) is 0 Å². The molecule has 0 unspecified atom stereocenters. The lowest BCUT2D eigenvalue weighted by Crippen LogP contribution is -2.28. The fourth-order valence-corrected chi connectivity index (χ4v) is 3.44. The summed E-state index contributed by atoms with van der Waals surface area (Å²) in [6, 6.07) is 11.5. The van der Waals surface area contributed by atoms with Gasteiger partial charge in [0.1, 0.15) is 0 Å². The molecule has 0 aliphatic heterocycles. The summed E-state index contributed by atoms with van der Waals surface area (Å²) in [5, 5.41) is 4.23. The van der Waals surface area contributed by atoms with Crippen LogP contribution in [0.15, 0.2) is 41.3 Å². The van der Waals surface area contributed by atoms with Crippen molar-refractivity contribution in [1.29, 1.82) is 0 Å². The Balaban J connectivity index is 1.93. The number of aryl methyl sites for hydroxylation is 2. The Morgan fingerprint density at radius 2 is 1.87 bits per heavy atom. The normalized spacial score (nSPS) is 12.0. The lowest BCUT2D eigenvalue weighted by molar-refractivity contribution is -0.119. The molecule has 1 N–H and O–H groups in total. The summed E-state index contributed by atoms with van der Waals surface area (Å²) >= 11 is 13.4. The summed E-state index contributed by atoms with van der Waals surface area (Å²) in [7, 11) is 0. The van der Waals surface area contributed by atoms with E-state index in [1.165, 1.54) is 22.9 Å². The minimum Gasteiger partial charge on any atom is -0.349 e. The first-order chi connectivity index (χ1) is 10.9. The monoisotopic (exact) mass is 367 g/mol. The van der Waals surface area contributed by atoms with Gasteiger partial charge in [0.15, 0.2) is 0 Å². The van der Waals surface area contributed by atoms with Gasteiger partial charge in [-0.25, -0.2) is 0 Å². The van der Waals surface area contributed by atoms with Crippen LogP contribution in [0.2, 0.25) is 10.0 Å². The zero-order valence-electron chi connectivity index (χ0n) is 13.3. The Morgan fingerprint density at radius 1 is 1.13 bits per heavy atom. The van der Waals surface area contributed by atoms with Crippen molar-refractivity contribution in [3.05, 3.63) is 63.1 Å². The van der Waals surface area contributed by atoms with E-state index in [-0.39, 0.29) is 11.9 Å². The van der Waals surface area contributed by atoms with Gasteiger partial charge in [-0.05, 0) is 55.7 Å². The van der Waals surface area contributed by atoms with Crippen molar-refractivity contribution in [3.8, 4) is 0 Å². The average molecular weight is 368 g/mol. The van der Waals surface area contributed by atoms with Gasteiger partial charge in [-0.2, -0.15) is 0 Å². The summed E-state index contributed by atoms with van der Waals surface area (Å²) in [6.45, 7) is 6.14. The second-order valence-corrected chi connectivity index (χ2v) is 7.36. The van der Waals surface area contributed by atoms with Crippen molar-refractivity contribution >= 4 is 40.9 Å². The van der Waals surface area contributed by atoms with Gasteiger partial charge in [-0.15, -0.1) is 11.8 Å². The predicted molar refractivity (Wildman–Crippen MR) is 99.7 cm³/mol. The molecule has 0 bridgehead atoms. The van der Waals surface area contributed by atoms with Crippen LogP contribution in [0.3, 0.4) is 0 Å². The second-order valence-electron chi connectivity index (χ2n) is 5.50. The molecule has 0 fully saturated rings. The average Bonchev–Trinajstić information content (AvgIpc) is 2.50. The number of thioether (sulfide) groups is 1. The maximum Gasteiger partial charge on any atom is 0.230 e. The third-order valence-corrected chi connectivity index (χ3v) is 5.39. The van der Waals surface area contributed by atoms with E-state index in [0.717, 1.165) is 10.5 Å². The second kappa shape index (κ2) is 8.09. The van der Waals surface area contributed by atoms with E-state index < -0.39 is 0 Å². The number of carbonyl (C=O) groups is 1. The summed E-state index contributed by atoms with van der Waals surface area (Å²) in [5.74, 6) is 0.270. The molecule has 0 saturated heterocycles. The van der Waals surface area contributed by atoms with Gasteiger partial charge in [0.2, 0.25) is 5.91 Å². The lowest BCUT2D eigenvalue weighted by atomic mass is 10.0. The number of hydrogen-bond donors (Lipinski definition) is 1. The number of amides is 1. The largest absolute Gasteiger partial charge is 0.349 e. The number of carbonyl (C=O) groups excluding carboxylic acids is 1. The Hall–Kier alpha value is -1.16. The molecule has 2 rings (SSSR count). The van der Waals surface area contributed by atoms with E-state index in [2.05, 4.69) is 31.3 Å². The molecule has 0 heterocycles. The van der Waals surface area contributed by atoms with Gasteiger partial charge in [-0.3, -0.25) is 4.79 Å². The Labute approximate surface area is 151 Å². The molecule has 2 nitrogen and oxygen atoms in total. The van der Waals surface area contributed by atoms with Crippen LogP contribution in [-0.2, 0) is 4.79 Å². The molecule has 0 saturated carbocycles. The van der Waals surface area contributed by atoms with Crippen LogP contribution in [-0.4, -0.2) is 11.7 Å². The number of hydrogen-bond acceptors (Lipinski definition) is 2. The summed E-state index contributed by atoms with van der Waals surface area (Å²) in [6.07, 6.45) is 0. The molecule has 0 aromatic heterocycles. The number of nitrogens with one attached hydrogen (secondary N) is 1. The zero-order chi connectivity index (χ0) is 17.0. The predicted octanol–water partition coefficient (Wildman–Crippen LogP) is 5.58. The van der Waals surface area contributed by atoms with E-state index in [0.29, 0.717) is 15.8 Å². The molecule has 1 amide bonds. The van der Waals surface area contributed by atoms with Crippen molar-refractivity contribution in [2.24, 2.45) is 0 Å². The van der Waals surface area contributed by atoms with Crippen LogP contribution in [0, 0.1) is 13.8 Å². The van der Waals surface area contributed by atoms with Crippen molar-refractivity contribution in [2.75, 3.05) is 5.75 Å². The van der Waals surface area contributed by atoms with Gasteiger partial charge in [0.05, 0.1) is 16.8 Å². The third-order valence-electron chi connectivity index (χ3n) is 3.66. The molecule has 5 heteroatoms. The highest BCUT2D eigenvalue weighted by molar-refractivity contribution is 8.00. The molecule has 2 aromatic carbocycles. The van der Waals surface area contributed by atoms with Crippen LogP contribution < -0.4 is 5.32 Å². The van der Waals surface area contributed by atoms with Crippen molar-refractivity contribution < 1.29 is 4.79 Å². The minimum absolute atomic E-state index is 0.0303. The van der Waals surface area contributed by atoms with Crippen molar-refractivity contribution in [1.82, 2.24) is 5.32 Å². The third kappa shape index (κ3) is 5.17. The summed E-state index contributed by atoms with van der Waals surface area (Å²) < 4.78 is 0. The van der Waals surface area contributed by atoms with Gasteiger partial charge < -0.3 is 5.32 Å². The van der Waals surface area contributed by atoms with Gasteiger partial charge >= 0.3 is 0 Å². The van der Waals surface area contributed by atoms with Gasteiger partial charge in [0.25, 0.3) is 0 Å². The number of halogens is 2. The smallest absolute Gasteiger partial charge is 0.230 e. The first kappa shape index (κ1) is 18.2. The molecule has 1 atom stereocenters. The molecule has 23 heavy (non-hydrogen) atoms. The topological polar surface area (TPSA) is 29.1 Å².